The summed E-state index contributed by atoms with van der Waals surface area (Å²) in [5.74, 6) is -0.474. The van der Waals surface area contributed by atoms with Crippen LogP contribution in [0, 0.1) is 5.92 Å². The zero-order chi connectivity index (χ0) is 12.0. The van der Waals surface area contributed by atoms with Crippen molar-refractivity contribution in [1.29, 1.82) is 0 Å². The minimum Gasteiger partial charge on any atom is -0.462 e. The molecule has 0 saturated carbocycles. The number of hydrogen-bond acceptors (Lipinski definition) is 4. The molecule has 0 aromatic rings. The van der Waals surface area contributed by atoms with E-state index in [0.717, 1.165) is 0 Å². The maximum absolute atomic E-state index is 10.9. The first kappa shape index (κ1) is 12.5. The van der Waals surface area contributed by atoms with Crippen LogP contribution in [-0.2, 0) is 19.1 Å². The van der Waals surface area contributed by atoms with Crippen LogP contribution in [0.25, 0.3) is 0 Å². The number of ether oxygens (including phenoxy) is 2. The van der Waals surface area contributed by atoms with Gasteiger partial charge in [0.2, 0.25) is 0 Å². The van der Waals surface area contributed by atoms with E-state index >= 15 is 0 Å². The van der Waals surface area contributed by atoms with Crippen molar-refractivity contribution in [3.8, 4) is 0 Å². The fraction of sp³-hybridized carbons (Fsp3) is 0.500. The lowest BCUT2D eigenvalue weighted by Gasteiger charge is -2.18. The monoisotopic (exact) mass is 224 g/mol. The van der Waals surface area contributed by atoms with Gasteiger partial charge in [0.05, 0.1) is 0 Å². The molecule has 1 rings (SSSR count). The first-order chi connectivity index (χ1) is 7.58. The summed E-state index contributed by atoms with van der Waals surface area (Å²) in [7, 11) is 0. The second-order valence-corrected chi connectivity index (χ2v) is 3.70. The Morgan fingerprint density at radius 2 is 1.81 bits per heavy atom. The first-order valence-electron chi connectivity index (χ1n) is 5.23. The highest BCUT2D eigenvalue weighted by Crippen LogP contribution is 2.17. The van der Waals surface area contributed by atoms with Crippen molar-refractivity contribution in [2.75, 3.05) is 6.61 Å². The van der Waals surface area contributed by atoms with Gasteiger partial charge in [0.25, 0.3) is 0 Å². The smallest absolute Gasteiger partial charge is 0.303 e. The van der Waals surface area contributed by atoms with E-state index in [0.29, 0.717) is 6.42 Å². The first-order valence-corrected chi connectivity index (χ1v) is 5.23. The second kappa shape index (κ2) is 6.10. The highest BCUT2D eigenvalue weighted by atomic mass is 16.6. The molecular weight excluding hydrogens is 208 g/mol. The van der Waals surface area contributed by atoms with Crippen LogP contribution in [0.2, 0.25) is 0 Å². The number of hydrogen-bond donors (Lipinski definition) is 0. The van der Waals surface area contributed by atoms with Crippen molar-refractivity contribution in [3.05, 3.63) is 24.3 Å². The molecule has 0 bridgehead atoms. The summed E-state index contributed by atoms with van der Waals surface area (Å²) >= 11 is 0. The Kier molecular flexibility index (Phi) is 4.76. The Morgan fingerprint density at radius 1 is 1.19 bits per heavy atom. The van der Waals surface area contributed by atoms with Gasteiger partial charge in [0.15, 0.2) is 0 Å². The predicted octanol–water partition coefficient (Wildman–Crippen LogP) is 1.61. The van der Waals surface area contributed by atoms with Gasteiger partial charge in [-0.3, -0.25) is 9.59 Å². The van der Waals surface area contributed by atoms with Crippen LogP contribution >= 0.6 is 0 Å². The molecule has 0 unspecified atom stereocenters. The lowest BCUT2D eigenvalue weighted by molar-refractivity contribution is -0.156. The van der Waals surface area contributed by atoms with Gasteiger partial charge in [-0.15, -0.1) is 0 Å². The van der Waals surface area contributed by atoms with Crippen LogP contribution in [0.1, 0.15) is 20.3 Å². The van der Waals surface area contributed by atoms with Gasteiger partial charge in [0.1, 0.15) is 12.7 Å². The molecule has 0 saturated heterocycles. The topological polar surface area (TPSA) is 52.6 Å². The summed E-state index contributed by atoms with van der Waals surface area (Å²) in [5.41, 5.74) is 0. The molecule has 1 aliphatic rings. The summed E-state index contributed by atoms with van der Waals surface area (Å²) < 4.78 is 9.93. The third-order valence-corrected chi connectivity index (χ3v) is 2.17. The molecule has 0 heterocycles. The number of carbonyl (C=O) groups is 2. The molecule has 0 spiro atoms. The predicted molar refractivity (Wildman–Crippen MR) is 58.6 cm³/mol. The van der Waals surface area contributed by atoms with Gasteiger partial charge in [-0.05, 0) is 12.3 Å². The van der Waals surface area contributed by atoms with Crippen LogP contribution in [0.4, 0.5) is 0 Å². The van der Waals surface area contributed by atoms with Crippen LogP contribution in [0.5, 0.6) is 0 Å². The Labute approximate surface area is 94.9 Å². The van der Waals surface area contributed by atoms with E-state index < -0.39 is 0 Å². The molecule has 0 amide bonds. The van der Waals surface area contributed by atoms with Crippen molar-refractivity contribution >= 4 is 11.9 Å². The number of carbonyl (C=O) groups excluding carboxylic acids is 2. The van der Waals surface area contributed by atoms with E-state index in [2.05, 4.69) is 0 Å². The lowest BCUT2D eigenvalue weighted by atomic mass is 10.0. The van der Waals surface area contributed by atoms with Crippen LogP contribution < -0.4 is 0 Å². The quantitative estimate of drug-likeness (QED) is 0.666. The third-order valence-electron chi connectivity index (χ3n) is 2.17. The maximum atomic E-state index is 10.9. The maximum Gasteiger partial charge on any atom is 0.303 e. The van der Waals surface area contributed by atoms with Gasteiger partial charge < -0.3 is 9.47 Å². The van der Waals surface area contributed by atoms with Gasteiger partial charge in [-0.1, -0.05) is 24.3 Å². The fourth-order valence-electron chi connectivity index (χ4n) is 1.53. The molecule has 4 heteroatoms. The SMILES string of the molecule is CC(=O)OC[C@H](CC1C=CC=C1)OC(C)=O. The molecule has 0 aliphatic heterocycles. The minimum atomic E-state index is -0.376. The summed E-state index contributed by atoms with van der Waals surface area (Å²) in [6.45, 7) is 2.80. The number of allylic oxidation sites excluding steroid dienone is 4. The molecule has 88 valence electrons. The fourth-order valence-corrected chi connectivity index (χ4v) is 1.53. The molecule has 1 aliphatic carbocycles. The average molecular weight is 224 g/mol. The van der Waals surface area contributed by atoms with Crippen LogP contribution in [0.3, 0.4) is 0 Å². The van der Waals surface area contributed by atoms with Gasteiger partial charge in [0, 0.05) is 13.8 Å². The van der Waals surface area contributed by atoms with Crippen molar-refractivity contribution in [2.45, 2.75) is 26.4 Å². The summed E-state index contributed by atoms with van der Waals surface area (Å²) in [6.07, 6.45) is 8.19. The highest BCUT2D eigenvalue weighted by Gasteiger charge is 2.18. The molecule has 1 atom stereocenters. The van der Waals surface area contributed by atoms with E-state index in [-0.39, 0.29) is 30.6 Å². The molecule has 0 aromatic carbocycles. The van der Waals surface area contributed by atoms with E-state index in [1.165, 1.54) is 13.8 Å². The van der Waals surface area contributed by atoms with E-state index in [1.54, 1.807) is 0 Å². The molecular formula is C12H16O4. The zero-order valence-corrected chi connectivity index (χ0v) is 9.51. The Bertz CT molecular complexity index is 305. The van der Waals surface area contributed by atoms with E-state index in [9.17, 15) is 9.59 Å². The molecule has 0 radical (unpaired) electrons. The molecule has 0 fully saturated rings. The summed E-state index contributed by atoms with van der Waals surface area (Å²) in [6, 6.07) is 0. The van der Waals surface area contributed by atoms with E-state index in [1.807, 2.05) is 24.3 Å². The molecule has 0 N–H and O–H groups in total. The van der Waals surface area contributed by atoms with Crippen molar-refractivity contribution < 1.29 is 19.1 Å². The van der Waals surface area contributed by atoms with Gasteiger partial charge in [-0.25, -0.2) is 0 Å². The van der Waals surface area contributed by atoms with Crippen molar-refractivity contribution in [2.24, 2.45) is 5.92 Å². The van der Waals surface area contributed by atoms with Crippen molar-refractivity contribution in [1.82, 2.24) is 0 Å². The Morgan fingerprint density at radius 3 is 2.31 bits per heavy atom. The standard InChI is InChI=1S/C12H16O4/c1-9(13)15-8-12(16-10(2)14)7-11-5-3-4-6-11/h3-6,11-12H,7-8H2,1-2H3/t12-/m0/s1. The van der Waals surface area contributed by atoms with Crippen LogP contribution in [0.15, 0.2) is 24.3 Å². The minimum absolute atomic E-state index is 0.118. The number of rotatable bonds is 5. The van der Waals surface area contributed by atoms with Gasteiger partial charge >= 0.3 is 11.9 Å². The second-order valence-electron chi connectivity index (χ2n) is 3.70. The Hall–Kier alpha value is -1.58. The van der Waals surface area contributed by atoms with Gasteiger partial charge in [-0.2, -0.15) is 0 Å². The third kappa shape index (κ3) is 4.77. The zero-order valence-electron chi connectivity index (χ0n) is 9.51. The molecule has 16 heavy (non-hydrogen) atoms. The van der Waals surface area contributed by atoms with Crippen molar-refractivity contribution in [3.63, 3.8) is 0 Å². The number of esters is 2. The normalized spacial score (nSPS) is 16.1. The lowest BCUT2D eigenvalue weighted by Crippen LogP contribution is -2.25. The Balaban J connectivity index is 2.42. The highest BCUT2D eigenvalue weighted by molar-refractivity contribution is 5.67. The average Bonchev–Trinajstić information content (AvgIpc) is 2.66. The summed E-state index contributed by atoms with van der Waals surface area (Å²) in [4.78, 5) is 21.6. The molecule has 0 aromatic heterocycles. The van der Waals surface area contributed by atoms with Crippen LogP contribution in [-0.4, -0.2) is 24.6 Å². The van der Waals surface area contributed by atoms with E-state index in [4.69, 9.17) is 9.47 Å². The summed E-state index contributed by atoms with van der Waals surface area (Å²) in [5, 5.41) is 0. The largest absolute Gasteiger partial charge is 0.462 e. The molecule has 4 nitrogen and oxygen atoms in total.